The van der Waals surface area contributed by atoms with Crippen LogP contribution in [-0.4, -0.2) is 28.8 Å². The van der Waals surface area contributed by atoms with E-state index >= 15 is 0 Å². The fourth-order valence-electron chi connectivity index (χ4n) is 1.23. The molecule has 1 aromatic heterocycles. The predicted molar refractivity (Wildman–Crippen MR) is 68.1 cm³/mol. The Balaban J connectivity index is 2.24. The first-order valence-corrected chi connectivity index (χ1v) is 6.43. The van der Waals surface area contributed by atoms with Crippen molar-refractivity contribution in [3.63, 3.8) is 0 Å². The van der Waals surface area contributed by atoms with Crippen molar-refractivity contribution in [1.29, 1.82) is 0 Å². The monoisotopic (exact) mass is 257 g/mol. The predicted octanol–water partition coefficient (Wildman–Crippen LogP) is 1.33. The van der Waals surface area contributed by atoms with Crippen molar-refractivity contribution >= 4 is 17.4 Å². The second-order valence-corrected chi connectivity index (χ2v) is 5.28. The van der Waals surface area contributed by atoms with Crippen LogP contribution in [0.3, 0.4) is 0 Å². The number of carbonyl (C=O) groups is 1. The van der Waals surface area contributed by atoms with Gasteiger partial charge in [0.2, 0.25) is 0 Å². The van der Waals surface area contributed by atoms with Crippen LogP contribution in [0.1, 0.15) is 28.9 Å². The minimum Gasteiger partial charge on any atom is -0.393 e. The topological polar surface area (TPSA) is 74.2 Å². The number of carbonyl (C=O) groups excluding carboxylic acids is 1. The highest BCUT2D eigenvalue weighted by Crippen LogP contribution is 2.15. The average Bonchev–Trinajstić information content (AvgIpc) is 2.55. The van der Waals surface area contributed by atoms with Crippen LogP contribution in [0.2, 0.25) is 0 Å². The molecule has 0 aromatic carbocycles. The minimum atomic E-state index is -0.389. The van der Waals surface area contributed by atoms with Crippen molar-refractivity contribution in [2.45, 2.75) is 39.8 Å². The Morgan fingerprint density at radius 3 is 2.71 bits per heavy atom. The number of urea groups is 1. The van der Waals surface area contributed by atoms with Crippen molar-refractivity contribution in [2.75, 3.05) is 6.54 Å². The van der Waals surface area contributed by atoms with E-state index in [4.69, 9.17) is 5.11 Å². The number of nitrogens with zero attached hydrogens (tertiary/aromatic N) is 1. The lowest BCUT2D eigenvalue weighted by molar-refractivity contribution is 0.183. The molecule has 1 atom stereocenters. The Morgan fingerprint density at radius 1 is 1.47 bits per heavy atom. The van der Waals surface area contributed by atoms with Crippen LogP contribution >= 0.6 is 11.3 Å². The molecule has 0 saturated heterocycles. The standard InChI is InChI=1S/C11H19N3O2S/c1-7(15)4-5-12-11(16)13-6-10-14-8(2)9(3)17-10/h7,15H,4-6H2,1-3H3,(H2,12,13,16). The van der Waals surface area contributed by atoms with Gasteiger partial charge in [-0.1, -0.05) is 0 Å². The number of amides is 2. The van der Waals surface area contributed by atoms with E-state index in [1.165, 1.54) is 4.88 Å². The number of thiazole rings is 1. The lowest BCUT2D eigenvalue weighted by Crippen LogP contribution is -2.36. The molecular weight excluding hydrogens is 238 g/mol. The van der Waals surface area contributed by atoms with E-state index in [0.29, 0.717) is 19.5 Å². The summed E-state index contributed by atoms with van der Waals surface area (Å²) in [4.78, 5) is 16.9. The van der Waals surface area contributed by atoms with E-state index in [2.05, 4.69) is 15.6 Å². The molecule has 1 rings (SSSR count). The Bertz CT molecular complexity index is 357. The third-order valence-electron chi connectivity index (χ3n) is 2.32. The molecule has 6 heteroatoms. The third-order valence-corrected chi connectivity index (χ3v) is 3.39. The maximum absolute atomic E-state index is 11.4. The summed E-state index contributed by atoms with van der Waals surface area (Å²) in [5.74, 6) is 0. The molecule has 96 valence electrons. The molecular formula is C11H19N3O2S. The summed E-state index contributed by atoms with van der Waals surface area (Å²) in [6.45, 7) is 6.58. The SMILES string of the molecule is Cc1nc(CNC(=O)NCCC(C)O)sc1C. The number of aryl methyl sites for hydroxylation is 2. The number of aliphatic hydroxyl groups excluding tert-OH is 1. The lowest BCUT2D eigenvalue weighted by Gasteiger charge is -2.07. The molecule has 0 bridgehead atoms. The fourth-order valence-corrected chi connectivity index (χ4v) is 2.10. The van der Waals surface area contributed by atoms with Crippen LogP contribution in [0.5, 0.6) is 0 Å². The Labute approximate surface area is 105 Å². The van der Waals surface area contributed by atoms with Crippen LogP contribution in [0.15, 0.2) is 0 Å². The van der Waals surface area contributed by atoms with Gasteiger partial charge in [0.05, 0.1) is 18.3 Å². The first-order chi connectivity index (χ1) is 7.99. The second kappa shape index (κ2) is 6.56. The molecule has 0 aliphatic carbocycles. The van der Waals surface area contributed by atoms with Gasteiger partial charge in [-0.3, -0.25) is 0 Å². The summed E-state index contributed by atoms with van der Waals surface area (Å²) in [5, 5.41) is 15.3. The molecule has 1 unspecified atom stereocenters. The van der Waals surface area contributed by atoms with Gasteiger partial charge >= 0.3 is 6.03 Å². The van der Waals surface area contributed by atoms with Crippen molar-refractivity contribution in [3.8, 4) is 0 Å². The summed E-state index contributed by atoms with van der Waals surface area (Å²) < 4.78 is 0. The van der Waals surface area contributed by atoms with E-state index in [1.54, 1.807) is 18.3 Å². The highest BCUT2D eigenvalue weighted by atomic mass is 32.1. The van der Waals surface area contributed by atoms with Gasteiger partial charge in [0.15, 0.2) is 0 Å². The van der Waals surface area contributed by atoms with Gasteiger partial charge in [0, 0.05) is 11.4 Å². The number of hydrogen-bond acceptors (Lipinski definition) is 4. The first-order valence-electron chi connectivity index (χ1n) is 5.61. The second-order valence-electron chi connectivity index (χ2n) is 4.00. The molecule has 5 nitrogen and oxygen atoms in total. The van der Waals surface area contributed by atoms with Crippen LogP contribution in [0, 0.1) is 13.8 Å². The van der Waals surface area contributed by atoms with Gasteiger partial charge in [-0.25, -0.2) is 9.78 Å². The van der Waals surface area contributed by atoms with Gasteiger partial charge < -0.3 is 15.7 Å². The fraction of sp³-hybridized carbons (Fsp3) is 0.636. The molecule has 0 aliphatic heterocycles. The van der Waals surface area contributed by atoms with Crippen LogP contribution in [-0.2, 0) is 6.54 Å². The van der Waals surface area contributed by atoms with Gasteiger partial charge in [-0.05, 0) is 27.2 Å². The maximum atomic E-state index is 11.4. The maximum Gasteiger partial charge on any atom is 0.315 e. The molecule has 1 aromatic rings. The first kappa shape index (κ1) is 13.9. The molecule has 0 radical (unpaired) electrons. The number of nitrogens with one attached hydrogen (secondary N) is 2. The quantitative estimate of drug-likeness (QED) is 0.745. The summed E-state index contributed by atoms with van der Waals surface area (Å²) in [6, 6.07) is -0.226. The van der Waals surface area contributed by atoms with Crippen molar-refractivity contribution < 1.29 is 9.90 Å². The number of rotatable bonds is 5. The van der Waals surface area contributed by atoms with Gasteiger partial charge in [-0.2, -0.15) is 0 Å². The highest BCUT2D eigenvalue weighted by molar-refractivity contribution is 7.11. The third kappa shape index (κ3) is 5.14. The van der Waals surface area contributed by atoms with E-state index < -0.39 is 0 Å². The van der Waals surface area contributed by atoms with E-state index in [0.717, 1.165) is 10.7 Å². The van der Waals surface area contributed by atoms with Gasteiger partial charge in [0.1, 0.15) is 5.01 Å². The molecule has 17 heavy (non-hydrogen) atoms. The average molecular weight is 257 g/mol. The van der Waals surface area contributed by atoms with Crippen molar-refractivity contribution in [2.24, 2.45) is 0 Å². The molecule has 0 saturated carbocycles. The number of aromatic nitrogens is 1. The van der Waals surface area contributed by atoms with Crippen LogP contribution < -0.4 is 10.6 Å². The zero-order chi connectivity index (χ0) is 12.8. The summed E-state index contributed by atoms with van der Waals surface area (Å²) in [7, 11) is 0. The molecule has 2 amide bonds. The largest absolute Gasteiger partial charge is 0.393 e. The molecule has 1 heterocycles. The van der Waals surface area contributed by atoms with Crippen molar-refractivity contribution in [3.05, 3.63) is 15.6 Å². The van der Waals surface area contributed by atoms with E-state index in [9.17, 15) is 4.79 Å². The van der Waals surface area contributed by atoms with Crippen LogP contribution in [0.4, 0.5) is 4.79 Å². The highest BCUT2D eigenvalue weighted by Gasteiger charge is 2.05. The number of hydrogen-bond donors (Lipinski definition) is 3. The van der Waals surface area contributed by atoms with Gasteiger partial charge in [0.25, 0.3) is 0 Å². The van der Waals surface area contributed by atoms with Crippen LogP contribution in [0.25, 0.3) is 0 Å². The smallest absolute Gasteiger partial charge is 0.315 e. The summed E-state index contributed by atoms with van der Waals surface area (Å²) >= 11 is 1.59. The normalized spacial score (nSPS) is 12.2. The summed E-state index contributed by atoms with van der Waals surface area (Å²) in [6.07, 6.45) is 0.169. The van der Waals surface area contributed by atoms with E-state index in [1.807, 2.05) is 13.8 Å². The van der Waals surface area contributed by atoms with Crippen molar-refractivity contribution in [1.82, 2.24) is 15.6 Å². The number of aliphatic hydroxyl groups is 1. The lowest BCUT2D eigenvalue weighted by atomic mass is 10.3. The minimum absolute atomic E-state index is 0.226. The molecule has 3 N–H and O–H groups in total. The Kier molecular flexibility index (Phi) is 5.37. The Morgan fingerprint density at radius 2 is 2.18 bits per heavy atom. The van der Waals surface area contributed by atoms with E-state index in [-0.39, 0.29) is 12.1 Å². The summed E-state index contributed by atoms with van der Waals surface area (Å²) in [5.41, 5.74) is 1.02. The molecule has 0 fully saturated rings. The molecule has 0 spiro atoms. The Hall–Kier alpha value is -1.14. The zero-order valence-electron chi connectivity index (χ0n) is 10.4. The zero-order valence-corrected chi connectivity index (χ0v) is 11.2. The molecule has 0 aliphatic rings. The van der Waals surface area contributed by atoms with Gasteiger partial charge in [-0.15, -0.1) is 11.3 Å².